The largest absolute Gasteiger partial charge is 0.417 e. The molecule has 0 aliphatic heterocycles. The van der Waals surface area contributed by atoms with Crippen LogP contribution in [-0.2, 0) is 6.18 Å². The maximum absolute atomic E-state index is 13.7. The van der Waals surface area contributed by atoms with Crippen molar-refractivity contribution in [1.82, 2.24) is 4.98 Å². The van der Waals surface area contributed by atoms with E-state index in [9.17, 15) is 13.2 Å². The Labute approximate surface area is 217 Å². The molecule has 0 aliphatic carbocycles. The van der Waals surface area contributed by atoms with Crippen LogP contribution in [0, 0.1) is 6.92 Å². The van der Waals surface area contributed by atoms with Gasteiger partial charge < -0.3 is 5.32 Å². The van der Waals surface area contributed by atoms with Crippen LogP contribution in [-0.4, -0.2) is 4.98 Å². The molecular weight excluding hydrogens is 469 g/mol. The molecule has 0 amide bonds. The van der Waals surface area contributed by atoms with Crippen molar-refractivity contribution in [3.63, 3.8) is 0 Å². The molecule has 37 heavy (non-hydrogen) atoms. The number of nitrogens with zero attached hydrogens (tertiary/aromatic N) is 1. The molecule has 0 bridgehead atoms. The average Bonchev–Trinajstić information content (AvgIpc) is 2.89. The number of unbranched alkanes of at least 4 members (excludes halogenated alkanes) is 2. The number of aryl methyl sites for hydroxylation is 1. The predicted octanol–water partition coefficient (Wildman–Crippen LogP) is 10.0. The first-order valence-corrected chi connectivity index (χ1v) is 12.5. The van der Waals surface area contributed by atoms with Crippen LogP contribution in [0.3, 0.4) is 0 Å². The monoisotopic (exact) mass is 502 g/mol. The van der Waals surface area contributed by atoms with Crippen LogP contribution in [0.4, 0.5) is 19.0 Å². The van der Waals surface area contributed by atoms with Crippen molar-refractivity contribution in [2.75, 3.05) is 5.32 Å². The number of nitrogens with one attached hydrogen (secondary N) is 1. The second-order valence-corrected chi connectivity index (χ2v) is 8.81. The maximum Gasteiger partial charge on any atom is 0.417 e. The van der Waals surface area contributed by atoms with E-state index in [2.05, 4.69) is 30.7 Å². The van der Waals surface area contributed by atoms with Crippen LogP contribution in [0.5, 0.6) is 0 Å². The molecule has 0 saturated heterocycles. The molecule has 3 aromatic carbocycles. The average molecular weight is 503 g/mol. The Morgan fingerprint density at radius 3 is 2.05 bits per heavy atom. The highest BCUT2D eigenvalue weighted by Gasteiger charge is 2.33. The van der Waals surface area contributed by atoms with Crippen molar-refractivity contribution < 1.29 is 13.2 Å². The fraction of sp³-hybridized carbons (Fsp3) is 0.219. The second-order valence-electron chi connectivity index (χ2n) is 8.81. The Kier molecular flexibility index (Phi) is 9.67. The van der Waals surface area contributed by atoms with Gasteiger partial charge in [-0.2, -0.15) is 13.2 Å². The molecule has 0 fully saturated rings. The number of hydrogen-bond donors (Lipinski definition) is 1. The van der Waals surface area contributed by atoms with Gasteiger partial charge in [0.25, 0.3) is 0 Å². The Hall–Kier alpha value is -3.86. The third-order valence-electron chi connectivity index (χ3n) is 5.90. The molecule has 5 heteroatoms. The molecule has 4 rings (SSSR count). The van der Waals surface area contributed by atoms with Gasteiger partial charge in [0, 0.05) is 16.8 Å². The minimum Gasteiger partial charge on any atom is -0.340 e. The first kappa shape index (κ1) is 27.7. The van der Waals surface area contributed by atoms with Gasteiger partial charge in [-0.1, -0.05) is 112 Å². The van der Waals surface area contributed by atoms with Crippen molar-refractivity contribution in [2.24, 2.45) is 0 Å². The number of alkyl halides is 3. The summed E-state index contributed by atoms with van der Waals surface area (Å²) in [5.74, 6) is 0.423. The minimum absolute atomic E-state index is 0.0299. The van der Waals surface area contributed by atoms with Crippen molar-refractivity contribution in [3.8, 4) is 22.4 Å². The molecule has 0 radical (unpaired) electrons. The van der Waals surface area contributed by atoms with Gasteiger partial charge in [-0.25, -0.2) is 4.98 Å². The van der Waals surface area contributed by atoms with Gasteiger partial charge in [0.1, 0.15) is 5.82 Å². The normalized spacial score (nSPS) is 10.9. The highest BCUT2D eigenvalue weighted by atomic mass is 19.4. The van der Waals surface area contributed by atoms with Crippen LogP contribution >= 0.6 is 0 Å². The zero-order valence-corrected chi connectivity index (χ0v) is 21.6. The lowest BCUT2D eigenvalue weighted by molar-refractivity contribution is -0.137. The minimum atomic E-state index is -4.49. The van der Waals surface area contributed by atoms with Crippen molar-refractivity contribution in [2.45, 2.75) is 46.2 Å². The quantitative estimate of drug-likeness (QED) is 0.272. The molecule has 4 aromatic rings. The third kappa shape index (κ3) is 7.56. The van der Waals surface area contributed by atoms with Gasteiger partial charge in [-0.15, -0.1) is 0 Å². The molecule has 1 aromatic heterocycles. The van der Waals surface area contributed by atoms with E-state index in [1.165, 1.54) is 31.4 Å². The first-order chi connectivity index (χ1) is 17.7. The van der Waals surface area contributed by atoms with E-state index in [0.29, 0.717) is 11.5 Å². The van der Waals surface area contributed by atoms with Crippen molar-refractivity contribution in [3.05, 3.63) is 114 Å². The van der Waals surface area contributed by atoms with Gasteiger partial charge in [-0.05, 0) is 41.8 Å². The Morgan fingerprint density at radius 2 is 1.43 bits per heavy atom. The number of halogens is 3. The van der Waals surface area contributed by atoms with Gasteiger partial charge in [0.2, 0.25) is 0 Å². The van der Waals surface area contributed by atoms with Gasteiger partial charge in [0.15, 0.2) is 0 Å². The molecule has 1 heterocycles. The summed E-state index contributed by atoms with van der Waals surface area (Å²) in [5.41, 5.74) is 3.75. The van der Waals surface area contributed by atoms with Crippen LogP contribution in [0.25, 0.3) is 28.1 Å². The molecule has 1 N–H and O–H groups in total. The lowest BCUT2D eigenvalue weighted by atomic mass is 9.99. The first-order valence-electron chi connectivity index (χ1n) is 12.5. The third-order valence-corrected chi connectivity index (χ3v) is 5.90. The zero-order chi connectivity index (χ0) is 26.8. The molecule has 0 aliphatic rings. The zero-order valence-electron chi connectivity index (χ0n) is 21.6. The number of pyridine rings is 1. The van der Waals surface area contributed by atoms with E-state index < -0.39 is 11.7 Å². The van der Waals surface area contributed by atoms with Gasteiger partial charge in [-0.3, -0.25) is 0 Å². The standard InChI is InChI=1S/C27H21F3N2.C5H12/c1-18-10-6-7-13-22(18)19(2)31-26-17-21(20-11-4-3-5-12-20)16-25(32-26)23-14-8-9-15-24(23)27(28,29)30;1-3-5-4-2/h3-17H,2H2,1H3,(H,31,32);3-5H2,1-2H3. The van der Waals surface area contributed by atoms with Crippen LogP contribution < -0.4 is 5.32 Å². The summed E-state index contributed by atoms with van der Waals surface area (Å²) in [6, 6.07) is 26.2. The number of anilines is 1. The van der Waals surface area contributed by atoms with Crippen molar-refractivity contribution >= 4 is 11.5 Å². The number of aromatic nitrogens is 1. The summed E-state index contributed by atoms with van der Waals surface area (Å²) in [7, 11) is 0. The van der Waals surface area contributed by atoms with Gasteiger partial charge in [0.05, 0.1) is 11.3 Å². The number of hydrogen-bond acceptors (Lipinski definition) is 2. The summed E-state index contributed by atoms with van der Waals surface area (Å²) < 4.78 is 41.0. The summed E-state index contributed by atoms with van der Waals surface area (Å²) in [6.45, 7) is 10.5. The predicted molar refractivity (Wildman–Crippen MR) is 149 cm³/mol. The summed E-state index contributed by atoms with van der Waals surface area (Å²) in [5, 5.41) is 3.19. The maximum atomic E-state index is 13.7. The van der Waals surface area contributed by atoms with E-state index in [4.69, 9.17) is 0 Å². The molecule has 0 spiro atoms. The van der Waals surface area contributed by atoms with Crippen LogP contribution in [0.15, 0.2) is 97.6 Å². The molecule has 0 unspecified atom stereocenters. The fourth-order valence-electron chi connectivity index (χ4n) is 3.97. The second kappa shape index (κ2) is 12.9. The van der Waals surface area contributed by atoms with Crippen molar-refractivity contribution in [1.29, 1.82) is 0 Å². The lowest BCUT2D eigenvalue weighted by Gasteiger charge is -2.16. The smallest absolute Gasteiger partial charge is 0.340 e. The molecule has 0 saturated carbocycles. The Balaban J connectivity index is 0.000000695. The molecule has 0 atom stereocenters. The molecular formula is C32H33F3N2. The fourth-order valence-corrected chi connectivity index (χ4v) is 3.97. The summed E-state index contributed by atoms with van der Waals surface area (Å²) in [6.07, 6.45) is -0.410. The highest BCUT2D eigenvalue weighted by molar-refractivity contribution is 5.80. The highest BCUT2D eigenvalue weighted by Crippen LogP contribution is 2.38. The van der Waals surface area contributed by atoms with E-state index >= 15 is 0 Å². The van der Waals surface area contributed by atoms with E-state index in [0.717, 1.165) is 28.3 Å². The molecule has 2 nitrogen and oxygen atoms in total. The Bertz CT molecular complexity index is 1310. The number of benzene rings is 3. The van der Waals surface area contributed by atoms with E-state index in [1.807, 2.05) is 67.6 Å². The van der Waals surface area contributed by atoms with E-state index in [1.54, 1.807) is 12.1 Å². The van der Waals surface area contributed by atoms with Crippen LogP contribution in [0.2, 0.25) is 0 Å². The summed E-state index contributed by atoms with van der Waals surface area (Å²) in [4.78, 5) is 4.53. The lowest BCUT2D eigenvalue weighted by Crippen LogP contribution is -2.08. The molecule has 192 valence electrons. The Morgan fingerprint density at radius 1 is 0.811 bits per heavy atom. The van der Waals surface area contributed by atoms with Crippen LogP contribution in [0.1, 0.15) is 49.8 Å². The number of rotatable bonds is 7. The SMILES string of the molecule is C=C(Nc1cc(-c2ccccc2)cc(-c2ccccc2C(F)(F)F)n1)c1ccccc1C.CCCCC. The van der Waals surface area contributed by atoms with E-state index in [-0.39, 0.29) is 11.3 Å². The van der Waals surface area contributed by atoms with Gasteiger partial charge >= 0.3 is 6.18 Å². The summed E-state index contributed by atoms with van der Waals surface area (Å²) >= 11 is 0. The topological polar surface area (TPSA) is 24.9 Å².